The number of carbonyl (C=O) groups is 1. The Hall–Kier alpha value is -1.66. The molecule has 0 aromatic carbocycles. The maximum Gasteiger partial charge on any atom is 0.413 e. The van der Waals surface area contributed by atoms with E-state index < -0.39 is 6.09 Å². The predicted octanol–water partition coefficient (Wildman–Crippen LogP) is 1.94. The molecular formula is C13H20N2O4. The molecule has 6 heteroatoms. The van der Waals surface area contributed by atoms with Crippen molar-refractivity contribution in [3.63, 3.8) is 0 Å². The predicted molar refractivity (Wildman–Crippen MR) is 70.8 cm³/mol. The average molecular weight is 268 g/mol. The maximum atomic E-state index is 11.7. The Labute approximate surface area is 112 Å². The van der Waals surface area contributed by atoms with Gasteiger partial charge < -0.3 is 14.6 Å². The van der Waals surface area contributed by atoms with Crippen molar-refractivity contribution in [3.8, 4) is 0 Å². The normalized spacial score (nSPS) is 11.9. The van der Waals surface area contributed by atoms with E-state index >= 15 is 0 Å². The number of anilines is 1. The second-order valence-electron chi connectivity index (χ2n) is 4.01. The third kappa shape index (κ3) is 5.67. The van der Waals surface area contributed by atoms with Gasteiger partial charge >= 0.3 is 6.09 Å². The average Bonchev–Trinajstić information content (AvgIpc) is 2.43. The van der Waals surface area contributed by atoms with E-state index in [-0.39, 0.29) is 12.7 Å². The molecule has 1 rings (SSSR count). The highest BCUT2D eigenvalue weighted by atomic mass is 16.6. The third-order valence-corrected chi connectivity index (χ3v) is 2.57. The highest BCUT2D eigenvalue weighted by molar-refractivity contribution is 5.83. The number of aliphatic hydroxyl groups excluding tert-OH is 1. The zero-order valence-electron chi connectivity index (χ0n) is 11.3. The first-order valence-electron chi connectivity index (χ1n) is 6.23. The van der Waals surface area contributed by atoms with E-state index in [0.29, 0.717) is 24.5 Å². The largest absolute Gasteiger partial charge is 0.446 e. The summed E-state index contributed by atoms with van der Waals surface area (Å²) in [6, 6.07) is 5.01. The lowest BCUT2D eigenvalue weighted by molar-refractivity contribution is 0.0787. The van der Waals surface area contributed by atoms with Crippen LogP contribution >= 0.6 is 0 Å². The number of rotatable bonds is 7. The van der Waals surface area contributed by atoms with Crippen LogP contribution in [0.3, 0.4) is 0 Å². The molecular weight excluding hydrogens is 248 g/mol. The molecule has 6 nitrogen and oxygen atoms in total. The summed E-state index contributed by atoms with van der Waals surface area (Å²) in [6.45, 7) is 2.32. The van der Waals surface area contributed by atoms with Crippen molar-refractivity contribution < 1.29 is 19.4 Å². The fourth-order valence-corrected chi connectivity index (χ4v) is 1.52. The van der Waals surface area contributed by atoms with Gasteiger partial charge in [0.15, 0.2) is 0 Å². The lowest BCUT2D eigenvalue weighted by Gasteiger charge is -2.16. The summed E-state index contributed by atoms with van der Waals surface area (Å²) in [5, 5.41) is 11.5. The number of amides is 1. The topological polar surface area (TPSA) is 80.7 Å². The van der Waals surface area contributed by atoms with Crippen LogP contribution in [0, 0.1) is 0 Å². The SMILES string of the molecule is CCC(CCOC)OC(=O)Nc1cccc(CO)n1. The lowest BCUT2D eigenvalue weighted by Crippen LogP contribution is -2.23. The zero-order chi connectivity index (χ0) is 14.1. The standard InChI is InChI=1S/C13H20N2O4/c1-3-11(7-8-18-2)19-13(17)15-12-6-4-5-10(9-16)14-12/h4-6,11,16H,3,7-9H2,1-2H3,(H,14,15,17). The molecule has 1 atom stereocenters. The van der Waals surface area contributed by atoms with Gasteiger partial charge in [-0.3, -0.25) is 5.32 Å². The monoisotopic (exact) mass is 268 g/mol. The van der Waals surface area contributed by atoms with Gasteiger partial charge in [0.2, 0.25) is 0 Å². The number of nitrogens with zero attached hydrogens (tertiary/aromatic N) is 1. The Morgan fingerprint density at radius 2 is 2.32 bits per heavy atom. The molecule has 0 aliphatic rings. The first-order valence-corrected chi connectivity index (χ1v) is 6.23. The number of pyridine rings is 1. The van der Waals surface area contributed by atoms with E-state index in [0.717, 1.165) is 6.42 Å². The van der Waals surface area contributed by atoms with Crippen molar-refractivity contribution in [1.29, 1.82) is 0 Å². The van der Waals surface area contributed by atoms with Crippen LogP contribution in [-0.4, -0.2) is 36.0 Å². The molecule has 2 N–H and O–H groups in total. The van der Waals surface area contributed by atoms with Gasteiger partial charge in [-0.15, -0.1) is 0 Å². The highest BCUT2D eigenvalue weighted by Gasteiger charge is 2.12. The number of aliphatic hydroxyl groups is 1. The van der Waals surface area contributed by atoms with Gasteiger partial charge in [-0.05, 0) is 18.6 Å². The van der Waals surface area contributed by atoms with Crippen LogP contribution in [0.1, 0.15) is 25.5 Å². The molecule has 0 bridgehead atoms. The van der Waals surface area contributed by atoms with Gasteiger partial charge in [-0.1, -0.05) is 13.0 Å². The molecule has 106 valence electrons. The number of aromatic nitrogens is 1. The van der Waals surface area contributed by atoms with Crippen LogP contribution in [0.25, 0.3) is 0 Å². The van der Waals surface area contributed by atoms with E-state index in [1.165, 1.54) is 0 Å². The number of nitrogens with one attached hydrogen (secondary N) is 1. The summed E-state index contributed by atoms with van der Waals surface area (Å²) in [4.78, 5) is 15.7. The van der Waals surface area contributed by atoms with Crippen molar-refractivity contribution in [3.05, 3.63) is 23.9 Å². The third-order valence-electron chi connectivity index (χ3n) is 2.57. The number of carbonyl (C=O) groups excluding carboxylic acids is 1. The fraction of sp³-hybridized carbons (Fsp3) is 0.538. The lowest BCUT2D eigenvalue weighted by atomic mass is 10.2. The molecule has 0 aliphatic carbocycles. The van der Waals surface area contributed by atoms with Crippen molar-refractivity contribution in [2.75, 3.05) is 19.0 Å². The molecule has 0 saturated carbocycles. The molecule has 0 radical (unpaired) electrons. The van der Waals surface area contributed by atoms with Crippen LogP contribution in [0.2, 0.25) is 0 Å². The summed E-state index contributed by atoms with van der Waals surface area (Å²) >= 11 is 0. The summed E-state index contributed by atoms with van der Waals surface area (Å²) in [5.41, 5.74) is 0.490. The quantitative estimate of drug-likeness (QED) is 0.789. The summed E-state index contributed by atoms with van der Waals surface area (Å²) in [5.74, 6) is 0.359. The van der Waals surface area contributed by atoms with Crippen LogP contribution in [0.5, 0.6) is 0 Å². The second-order valence-corrected chi connectivity index (χ2v) is 4.01. The van der Waals surface area contributed by atoms with Gasteiger partial charge in [0.1, 0.15) is 11.9 Å². The Bertz CT molecular complexity index is 398. The minimum Gasteiger partial charge on any atom is -0.446 e. The molecule has 1 unspecified atom stereocenters. The van der Waals surface area contributed by atoms with Crippen LogP contribution < -0.4 is 5.32 Å². The van der Waals surface area contributed by atoms with Crippen molar-refractivity contribution in [2.45, 2.75) is 32.5 Å². The van der Waals surface area contributed by atoms with Crippen molar-refractivity contribution >= 4 is 11.9 Å². The smallest absolute Gasteiger partial charge is 0.413 e. The minimum atomic E-state index is -0.550. The van der Waals surface area contributed by atoms with E-state index in [1.54, 1.807) is 25.3 Å². The summed E-state index contributed by atoms with van der Waals surface area (Å²) in [6.07, 6.45) is 0.650. The fourth-order valence-electron chi connectivity index (χ4n) is 1.52. The van der Waals surface area contributed by atoms with Gasteiger partial charge in [0.05, 0.1) is 12.3 Å². The number of methoxy groups -OCH3 is 1. The Kier molecular flexibility index (Phi) is 6.84. The first-order chi connectivity index (χ1) is 9.19. The molecule has 19 heavy (non-hydrogen) atoms. The molecule has 0 spiro atoms. The maximum absolute atomic E-state index is 11.7. The van der Waals surface area contributed by atoms with Crippen molar-refractivity contribution in [2.24, 2.45) is 0 Å². The van der Waals surface area contributed by atoms with E-state index in [9.17, 15) is 4.79 Å². The highest BCUT2D eigenvalue weighted by Crippen LogP contribution is 2.08. The summed E-state index contributed by atoms with van der Waals surface area (Å²) in [7, 11) is 1.61. The number of ether oxygens (including phenoxy) is 2. The van der Waals surface area contributed by atoms with Crippen molar-refractivity contribution in [1.82, 2.24) is 4.98 Å². The molecule has 1 aromatic rings. The molecule has 0 fully saturated rings. The van der Waals surface area contributed by atoms with E-state index in [1.807, 2.05) is 6.92 Å². The van der Waals surface area contributed by atoms with Crippen LogP contribution in [-0.2, 0) is 16.1 Å². The molecule has 1 amide bonds. The van der Waals surface area contributed by atoms with Crippen LogP contribution in [0.15, 0.2) is 18.2 Å². The second kappa shape index (κ2) is 8.44. The number of hydrogen-bond donors (Lipinski definition) is 2. The van der Waals surface area contributed by atoms with Gasteiger partial charge in [-0.25, -0.2) is 9.78 Å². The van der Waals surface area contributed by atoms with Gasteiger partial charge in [0, 0.05) is 20.1 Å². The molecule has 0 saturated heterocycles. The molecule has 1 heterocycles. The van der Waals surface area contributed by atoms with E-state index in [2.05, 4.69) is 10.3 Å². The first kappa shape index (κ1) is 15.4. The van der Waals surface area contributed by atoms with E-state index in [4.69, 9.17) is 14.6 Å². The van der Waals surface area contributed by atoms with Gasteiger partial charge in [-0.2, -0.15) is 0 Å². The Morgan fingerprint density at radius 1 is 1.53 bits per heavy atom. The zero-order valence-corrected chi connectivity index (χ0v) is 11.3. The Morgan fingerprint density at radius 3 is 2.95 bits per heavy atom. The number of hydrogen-bond acceptors (Lipinski definition) is 5. The van der Waals surface area contributed by atoms with Gasteiger partial charge in [0.25, 0.3) is 0 Å². The summed E-state index contributed by atoms with van der Waals surface area (Å²) < 4.78 is 10.2. The molecule has 0 aliphatic heterocycles. The Balaban J connectivity index is 2.49. The molecule has 1 aromatic heterocycles. The minimum absolute atomic E-state index is 0.171. The van der Waals surface area contributed by atoms with Crippen LogP contribution in [0.4, 0.5) is 10.6 Å².